The number of benzene rings is 1. The molecule has 1 amide bonds. The first-order valence-corrected chi connectivity index (χ1v) is 7.98. The first-order chi connectivity index (χ1) is 11.2. The Bertz CT molecular complexity index is 673. The highest BCUT2D eigenvalue weighted by Gasteiger charge is 2.43. The lowest BCUT2D eigenvalue weighted by molar-refractivity contribution is -0.136. The predicted octanol–water partition coefficient (Wildman–Crippen LogP) is 1.75. The normalized spacial score (nSPS) is 26.5. The summed E-state index contributed by atoms with van der Waals surface area (Å²) in [6, 6.07) is 7.33. The lowest BCUT2D eigenvalue weighted by Gasteiger charge is -2.39. The number of hydrogen-bond donors (Lipinski definition) is 0. The van der Waals surface area contributed by atoms with Gasteiger partial charge in [-0.3, -0.25) is 4.79 Å². The van der Waals surface area contributed by atoms with E-state index in [1.807, 2.05) is 17.0 Å². The smallest absolute Gasteiger partial charge is 0.244 e. The molecule has 0 unspecified atom stereocenters. The minimum Gasteiger partial charge on any atom is -0.335 e. The number of carbonyl (C=O) groups is 1. The van der Waals surface area contributed by atoms with E-state index >= 15 is 0 Å². The second kappa shape index (κ2) is 5.72. The second-order valence-corrected chi connectivity index (χ2v) is 6.41. The van der Waals surface area contributed by atoms with Crippen LogP contribution in [0.25, 0.3) is 0 Å². The maximum atomic E-state index is 13.1. The zero-order chi connectivity index (χ0) is 15.8. The molecular formula is C16H18FN5O. The van der Waals surface area contributed by atoms with Gasteiger partial charge in [-0.05, 0) is 59.7 Å². The summed E-state index contributed by atoms with van der Waals surface area (Å²) in [6.45, 7) is 0.196. The molecule has 2 atom stereocenters. The first-order valence-electron chi connectivity index (χ1n) is 7.98. The van der Waals surface area contributed by atoms with Gasteiger partial charge in [0.05, 0.1) is 0 Å². The standard InChI is InChI=1S/C16H18FN5O/c17-13-3-1-11(2-4-13)12-7-14-5-6-15(8-12)22(14)16(23)9-21-10-18-19-20-21/h1-4,10,12,14-15H,5-9H2/t14-,15-/m1/s1. The molecule has 3 heterocycles. The van der Waals surface area contributed by atoms with Crippen LogP contribution in [0.3, 0.4) is 0 Å². The van der Waals surface area contributed by atoms with E-state index in [-0.39, 0.29) is 30.4 Å². The van der Waals surface area contributed by atoms with Crippen molar-refractivity contribution in [1.82, 2.24) is 25.1 Å². The molecule has 120 valence electrons. The van der Waals surface area contributed by atoms with Crippen LogP contribution in [-0.4, -0.2) is 43.1 Å². The Labute approximate surface area is 133 Å². The molecular weight excluding hydrogens is 297 g/mol. The molecule has 2 aliphatic heterocycles. The van der Waals surface area contributed by atoms with E-state index in [1.54, 1.807) is 0 Å². The van der Waals surface area contributed by atoms with Gasteiger partial charge in [0.15, 0.2) is 0 Å². The fourth-order valence-corrected chi connectivity index (χ4v) is 4.06. The van der Waals surface area contributed by atoms with Crippen LogP contribution in [0.4, 0.5) is 4.39 Å². The van der Waals surface area contributed by atoms with Crippen LogP contribution in [0.15, 0.2) is 30.6 Å². The van der Waals surface area contributed by atoms with Gasteiger partial charge in [0.2, 0.25) is 5.91 Å². The van der Waals surface area contributed by atoms with Gasteiger partial charge in [0.1, 0.15) is 18.7 Å². The van der Waals surface area contributed by atoms with Gasteiger partial charge < -0.3 is 4.90 Å². The molecule has 0 spiro atoms. The summed E-state index contributed by atoms with van der Waals surface area (Å²) >= 11 is 0. The molecule has 2 aliphatic rings. The SMILES string of the molecule is O=C(Cn1cnnn1)N1[C@@H]2CC[C@@H]1CC(c1ccc(F)cc1)C2. The van der Waals surface area contributed by atoms with Gasteiger partial charge in [0.25, 0.3) is 0 Å². The number of aromatic nitrogens is 4. The van der Waals surface area contributed by atoms with E-state index in [4.69, 9.17) is 0 Å². The molecule has 1 aromatic carbocycles. The third-order valence-electron chi connectivity index (χ3n) is 5.05. The Morgan fingerprint density at radius 3 is 2.48 bits per heavy atom. The van der Waals surface area contributed by atoms with Gasteiger partial charge in [-0.15, -0.1) is 5.10 Å². The minimum atomic E-state index is -0.203. The van der Waals surface area contributed by atoms with Crippen molar-refractivity contribution < 1.29 is 9.18 Å². The number of nitrogens with zero attached hydrogens (tertiary/aromatic N) is 5. The van der Waals surface area contributed by atoms with Crippen LogP contribution in [0.2, 0.25) is 0 Å². The van der Waals surface area contributed by atoms with E-state index in [9.17, 15) is 9.18 Å². The lowest BCUT2D eigenvalue weighted by atomic mass is 9.85. The fraction of sp³-hybridized carbons (Fsp3) is 0.500. The zero-order valence-electron chi connectivity index (χ0n) is 12.7. The summed E-state index contributed by atoms with van der Waals surface area (Å²) < 4.78 is 14.6. The number of piperidine rings is 1. The average Bonchev–Trinajstić information content (AvgIpc) is 3.14. The number of amides is 1. The third-order valence-corrected chi connectivity index (χ3v) is 5.05. The fourth-order valence-electron chi connectivity index (χ4n) is 4.06. The molecule has 0 saturated carbocycles. The van der Waals surface area contributed by atoms with Crippen molar-refractivity contribution in [3.05, 3.63) is 42.0 Å². The molecule has 6 nitrogen and oxygen atoms in total. The molecule has 2 bridgehead atoms. The Morgan fingerprint density at radius 2 is 1.87 bits per heavy atom. The molecule has 2 fully saturated rings. The van der Waals surface area contributed by atoms with Crippen LogP contribution in [0.5, 0.6) is 0 Å². The summed E-state index contributed by atoms with van der Waals surface area (Å²) in [5, 5.41) is 10.9. The topological polar surface area (TPSA) is 63.9 Å². The maximum absolute atomic E-state index is 13.1. The summed E-state index contributed by atoms with van der Waals surface area (Å²) in [7, 11) is 0. The van der Waals surface area contributed by atoms with Crippen LogP contribution in [0.1, 0.15) is 37.2 Å². The minimum absolute atomic E-state index is 0.0855. The number of halogens is 1. The molecule has 4 rings (SSSR count). The Kier molecular flexibility index (Phi) is 3.55. The monoisotopic (exact) mass is 315 g/mol. The number of hydrogen-bond acceptors (Lipinski definition) is 4. The van der Waals surface area contributed by atoms with Crippen molar-refractivity contribution in [2.75, 3.05) is 0 Å². The van der Waals surface area contributed by atoms with E-state index in [1.165, 1.54) is 28.7 Å². The molecule has 0 radical (unpaired) electrons. The van der Waals surface area contributed by atoms with Crippen LogP contribution >= 0.6 is 0 Å². The van der Waals surface area contributed by atoms with Crippen molar-refractivity contribution in [3.63, 3.8) is 0 Å². The molecule has 0 N–H and O–H groups in total. The van der Waals surface area contributed by atoms with Gasteiger partial charge in [-0.25, -0.2) is 9.07 Å². The summed E-state index contributed by atoms with van der Waals surface area (Å²) in [5.41, 5.74) is 1.18. The molecule has 0 aliphatic carbocycles. The number of tetrazole rings is 1. The van der Waals surface area contributed by atoms with Gasteiger partial charge in [-0.2, -0.15) is 0 Å². The van der Waals surface area contributed by atoms with Crippen molar-refractivity contribution in [2.45, 2.75) is 50.2 Å². The molecule has 7 heteroatoms. The third kappa shape index (κ3) is 2.71. The Balaban J connectivity index is 1.47. The summed E-state index contributed by atoms with van der Waals surface area (Å²) in [5.74, 6) is 0.290. The van der Waals surface area contributed by atoms with Crippen LogP contribution in [0, 0.1) is 5.82 Å². The van der Waals surface area contributed by atoms with E-state index in [0.717, 1.165) is 25.7 Å². The number of carbonyl (C=O) groups excluding carboxylic acids is 1. The van der Waals surface area contributed by atoms with E-state index < -0.39 is 0 Å². The van der Waals surface area contributed by atoms with Crippen LogP contribution in [-0.2, 0) is 11.3 Å². The second-order valence-electron chi connectivity index (χ2n) is 6.41. The van der Waals surface area contributed by atoms with Crippen molar-refractivity contribution in [3.8, 4) is 0 Å². The zero-order valence-corrected chi connectivity index (χ0v) is 12.7. The van der Waals surface area contributed by atoms with Crippen molar-refractivity contribution in [2.24, 2.45) is 0 Å². The number of rotatable bonds is 3. The number of fused-ring (bicyclic) bond motifs is 2. The first kappa shape index (κ1) is 14.3. The van der Waals surface area contributed by atoms with Gasteiger partial charge in [0, 0.05) is 12.1 Å². The highest BCUT2D eigenvalue weighted by molar-refractivity contribution is 5.77. The van der Waals surface area contributed by atoms with Crippen molar-refractivity contribution in [1.29, 1.82) is 0 Å². The summed E-state index contributed by atoms with van der Waals surface area (Å²) in [6.07, 6.45) is 5.45. The highest BCUT2D eigenvalue weighted by Crippen LogP contribution is 2.43. The highest BCUT2D eigenvalue weighted by atomic mass is 19.1. The quantitative estimate of drug-likeness (QED) is 0.865. The lowest BCUT2D eigenvalue weighted by Crippen LogP contribution is -2.47. The maximum Gasteiger partial charge on any atom is 0.244 e. The Hall–Kier alpha value is -2.31. The largest absolute Gasteiger partial charge is 0.335 e. The molecule has 2 saturated heterocycles. The molecule has 23 heavy (non-hydrogen) atoms. The Morgan fingerprint density at radius 1 is 1.17 bits per heavy atom. The van der Waals surface area contributed by atoms with Crippen molar-refractivity contribution >= 4 is 5.91 Å². The van der Waals surface area contributed by atoms with Crippen LogP contribution < -0.4 is 0 Å². The predicted molar refractivity (Wildman–Crippen MR) is 79.8 cm³/mol. The van der Waals surface area contributed by atoms with E-state index in [2.05, 4.69) is 15.5 Å². The van der Waals surface area contributed by atoms with Gasteiger partial charge >= 0.3 is 0 Å². The summed E-state index contributed by atoms with van der Waals surface area (Å²) in [4.78, 5) is 14.6. The molecule has 2 aromatic rings. The van der Waals surface area contributed by atoms with E-state index in [0.29, 0.717) is 5.92 Å². The van der Waals surface area contributed by atoms with Gasteiger partial charge in [-0.1, -0.05) is 12.1 Å². The average molecular weight is 315 g/mol. The molecule has 1 aromatic heterocycles.